The Morgan fingerprint density at radius 1 is 1.29 bits per heavy atom. The lowest BCUT2D eigenvalue weighted by Crippen LogP contribution is -2.46. The Kier molecular flexibility index (Phi) is 7.53. The lowest BCUT2D eigenvalue weighted by Gasteiger charge is -2.33. The minimum absolute atomic E-state index is 0.00449. The Balaban J connectivity index is 1.57. The predicted molar refractivity (Wildman–Crippen MR) is 94.8 cm³/mol. The molecule has 2 unspecified atom stereocenters. The van der Waals surface area contributed by atoms with E-state index in [0.29, 0.717) is 19.1 Å². The van der Waals surface area contributed by atoms with Crippen molar-refractivity contribution in [3.8, 4) is 0 Å². The van der Waals surface area contributed by atoms with Crippen molar-refractivity contribution in [2.45, 2.75) is 45.3 Å². The predicted octanol–water partition coefficient (Wildman–Crippen LogP) is 2.96. The van der Waals surface area contributed by atoms with Crippen LogP contribution in [0.15, 0.2) is 30.3 Å². The summed E-state index contributed by atoms with van der Waals surface area (Å²) >= 11 is 0. The Bertz CT molecular complexity index is 485. The summed E-state index contributed by atoms with van der Waals surface area (Å²) < 4.78 is 5.80. The number of likely N-dealkylation sites (tertiary alicyclic amines) is 1. The van der Waals surface area contributed by atoms with Crippen LogP contribution >= 0.6 is 0 Å². The topological polar surface area (TPSA) is 61.8 Å². The number of aliphatic hydroxyl groups is 1. The zero-order chi connectivity index (χ0) is 17.4. The zero-order valence-corrected chi connectivity index (χ0v) is 14.8. The summed E-state index contributed by atoms with van der Waals surface area (Å²) in [5.74, 6) is 0.321. The number of hydrogen-bond donors (Lipinski definition) is 2. The molecule has 134 valence electrons. The van der Waals surface area contributed by atoms with Gasteiger partial charge in [-0.05, 0) is 44.6 Å². The first kappa shape index (κ1) is 18.7. The summed E-state index contributed by atoms with van der Waals surface area (Å²) in [6.45, 7) is 6.57. The van der Waals surface area contributed by atoms with Crippen LogP contribution in [0.2, 0.25) is 0 Å². The number of benzene rings is 1. The third kappa shape index (κ3) is 5.80. The van der Waals surface area contributed by atoms with Gasteiger partial charge in [0.1, 0.15) is 0 Å². The summed E-state index contributed by atoms with van der Waals surface area (Å²) in [5.41, 5.74) is 1.17. The second-order valence-electron chi connectivity index (χ2n) is 6.57. The molecule has 5 heteroatoms. The van der Waals surface area contributed by atoms with Gasteiger partial charge in [0.15, 0.2) is 0 Å². The van der Waals surface area contributed by atoms with Crippen molar-refractivity contribution >= 4 is 6.03 Å². The van der Waals surface area contributed by atoms with E-state index in [1.54, 1.807) is 0 Å². The average Bonchev–Trinajstić information content (AvgIpc) is 2.62. The van der Waals surface area contributed by atoms with Crippen molar-refractivity contribution in [2.24, 2.45) is 5.92 Å². The number of ether oxygens (including phenoxy) is 1. The van der Waals surface area contributed by atoms with Crippen LogP contribution in [0.1, 0.15) is 44.8 Å². The molecular formula is C19H30N2O3. The number of rotatable bonds is 7. The van der Waals surface area contributed by atoms with Gasteiger partial charge < -0.3 is 20.1 Å². The molecule has 2 atom stereocenters. The molecule has 5 nitrogen and oxygen atoms in total. The summed E-state index contributed by atoms with van der Waals surface area (Å²) in [4.78, 5) is 13.9. The number of carbonyl (C=O) groups is 1. The quantitative estimate of drug-likeness (QED) is 0.754. The van der Waals surface area contributed by atoms with Crippen molar-refractivity contribution < 1.29 is 14.6 Å². The van der Waals surface area contributed by atoms with E-state index in [1.807, 2.05) is 36.9 Å². The number of nitrogens with one attached hydrogen (secondary N) is 1. The lowest BCUT2D eigenvalue weighted by molar-refractivity contribution is 0.0634. The number of nitrogens with zero attached hydrogens (tertiary/aromatic N) is 1. The Morgan fingerprint density at radius 3 is 2.58 bits per heavy atom. The van der Waals surface area contributed by atoms with Gasteiger partial charge in [-0.25, -0.2) is 4.79 Å². The highest BCUT2D eigenvalue weighted by molar-refractivity contribution is 5.74. The van der Waals surface area contributed by atoms with Crippen LogP contribution in [-0.4, -0.2) is 48.4 Å². The van der Waals surface area contributed by atoms with E-state index >= 15 is 0 Å². The minimum atomic E-state index is -0.279. The monoisotopic (exact) mass is 334 g/mol. The van der Waals surface area contributed by atoms with Crippen LogP contribution in [0.3, 0.4) is 0 Å². The molecule has 1 aliphatic heterocycles. The van der Waals surface area contributed by atoms with E-state index in [0.717, 1.165) is 32.4 Å². The SMILES string of the molecule is CC(OCCCNC(=O)N1CCC(C(C)O)CC1)c1ccccc1. The molecule has 0 spiro atoms. The first-order valence-corrected chi connectivity index (χ1v) is 8.95. The molecule has 1 aromatic rings. The standard InChI is InChI=1S/C19H30N2O3/c1-15(22)17-9-12-21(13-10-17)19(23)20-11-6-14-24-16(2)18-7-4-3-5-8-18/h3-5,7-8,15-17,22H,6,9-14H2,1-2H3,(H,20,23). The third-order valence-corrected chi connectivity index (χ3v) is 4.74. The molecule has 0 saturated carbocycles. The third-order valence-electron chi connectivity index (χ3n) is 4.74. The smallest absolute Gasteiger partial charge is 0.317 e. The van der Waals surface area contributed by atoms with Gasteiger partial charge in [-0.1, -0.05) is 30.3 Å². The Hall–Kier alpha value is -1.59. The largest absolute Gasteiger partial charge is 0.393 e. The highest BCUT2D eigenvalue weighted by Crippen LogP contribution is 2.20. The number of hydrogen-bond acceptors (Lipinski definition) is 3. The van der Waals surface area contributed by atoms with Gasteiger partial charge in [-0.2, -0.15) is 0 Å². The van der Waals surface area contributed by atoms with E-state index in [9.17, 15) is 9.90 Å². The van der Waals surface area contributed by atoms with E-state index in [1.165, 1.54) is 5.56 Å². The van der Waals surface area contributed by atoms with Crippen LogP contribution in [-0.2, 0) is 4.74 Å². The van der Waals surface area contributed by atoms with Gasteiger partial charge in [-0.15, -0.1) is 0 Å². The van der Waals surface area contributed by atoms with E-state index < -0.39 is 0 Å². The molecule has 1 aromatic carbocycles. The molecule has 1 aliphatic rings. The number of carbonyl (C=O) groups excluding carboxylic acids is 1. The van der Waals surface area contributed by atoms with Crippen LogP contribution in [0, 0.1) is 5.92 Å². The first-order valence-electron chi connectivity index (χ1n) is 8.95. The van der Waals surface area contributed by atoms with Crippen LogP contribution in [0.25, 0.3) is 0 Å². The lowest BCUT2D eigenvalue weighted by atomic mass is 9.92. The number of amides is 2. The fourth-order valence-corrected chi connectivity index (χ4v) is 3.04. The molecular weight excluding hydrogens is 304 g/mol. The molecule has 24 heavy (non-hydrogen) atoms. The van der Waals surface area contributed by atoms with Gasteiger partial charge in [0.05, 0.1) is 12.2 Å². The van der Waals surface area contributed by atoms with E-state index in [2.05, 4.69) is 17.4 Å². The number of urea groups is 1. The van der Waals surface area contributed by atoms with E-state index in [4.69, 9.17) is 4.74 Å². The maximum Gasteiger partial charge on any atom is 0.317 e. The van der Waals surface area contributed by atoms with Gasteiger partial charge in [0, 0.05) is 26.2 Å². The maximum atomic E-state index is 12.1. The molecule has 1 saturated heterocycles. The summed E-state index contributed by atoms with van der Waals surface area (Å²) in [6, 6.07) is 10.1. The molecule has 0 aromatic heterocycles. The molecule has 2 N–H and O–H groups in total. The highest BCUT2D eigenvalue weighted by Gasteiger charge is 2.25. The first-order chi connectivity index (χ1) is 11.6. The molecule has 0 aliphatic carbocycles. The van der Waals surface area contributed by atoms with Crippen LogP contribution in [0.5, 0.6) is 0 Å². The summed E-state index contributed by atoms with van der Waals surface area (Å²) in [7, 11) is 0. The normalized spacial score (nSPS) is 18.2. The number of piperidine rings is 1. The average molecular weight is 334 g/mol. The maximum absolute atomic E-state index is 12.1. The molecule has 1 fully saturated rings. The fourth-order valence-electron chi connectivity index (χ4n) is 3.04. The number of aliphatic hydroxyl groups excluding tert-OH is 1. The van der Waals surface area contributed by atoms with Crippen LogP contribution in [0.4, 0.5) is 4.79 Å². The molecule has 0 bridgehead atoms. The van der Waals surface area contributed by atoms with Crippen molar-refractivity contribution in [1.82, 2.24) is 10.2 Å². The van der Waals surface area contributed by atoms with Gasteiger partial charge >= 0.3 is 6.03 Å². The second kappa shape index (κ2) is 9.64. The van der Waals surface area contributed by atoms with Gasteiger partial charge in [0.2, 0.25) is 0 Å². The molecule has 2 amide bonds. The van der Waals surface area contributed by atoms with Crippen molar-refractivity contribution in [2.75, 3.05) is 26.2 Å². The highest BCUT2D eigenvalue weighted by atomic mass is 16.5. The van der Waals surface area contributed by atoms with Crippen molar-refractivity contribution in [3.63, 3.8) is 0 Å². The van der Waals surface area contributed by atoms with Crippen LogP contribution < -0.4 is 5.32 Å². The summed E-state index contributed by atoms with van der Waals surface area (Å²) in [5, 5.41) is 12.6. The van der Waals surface area contributed by atoms with Gasteiger partial charge in [-0.3, -0.25) is 0 Å². The molecule has 0 radical (unpaired) electrons. The molecule has 2 rings (SSSR count). The minimum Gasteiger partial charge on any atom is -0.393 e. The Morgan fingerprint density at radius 2 is 1.96 bits per heavy atom. The zero-order valence-electron chi connectivity index (χ0n) is 14.8. The molecule has 1 heterocycles. The fraction of sp³-hybridized carbons (Fsp3) is 0.632. The van der Waals surface area contributed by atoms with Crippen molar-refractivity contribution in [1.29, 1.82) is 0 Å². The second-order valence-corrected chi connectivity index (χ2v) is 6.57. The Labute approximate surface area is 145 Å². The van der Waals surface area contributed by atoms with Crippen molar-refractivity contribution in [3.05, 3.63) is 35.9 Å². The van der Waals surface area contributed by atoms with E-state index in [-0.39, 0.29) is 18.2 Å². The summed E-state index contributed by atoms with van der Waals surface area (Å²) in [6.07, 6.45) is 2.35. The van der Waals surface area contributed by atoms with Gasteiger partial charge in [0.25, 0.3) is 0 Å².